The number of rotatable bonds is 5. The maximum atomic E-state index is 13.4. The van der Waals surface area contributed by atoms with E-state index >= 15 is 0 Å². The summed E-state index contributed by atoms with van der Waals surface area (Å²) in [5.41, 5.74) is 9.32. The average molecular weight is 303 g/mol. The molecule has 5 nitrogen and oxygen atoms in total. The second kappa shape index (κ2) is 6.69. The van der Waals surface area contributed by atoms with Gasteiger partial charge in [-0.2, -0.15) is 0 Å². The molecule has 0 saturated heterocycles. The third-order valence-corrected chi connectivity index (χ3v) is 3.18. The molecule has 0 spiro atoms. The fourth-order valence-electron chi connectivity index (χ4n) is 2.24. The number of carboxylic acid groups (broad SMARTS) is 1. The van der Waals surface area contributed by atoms with E-state index in [-0.39, 0.29) is 0 Å². The van der Waals surface area contributed by atoms with E-state index < -0.39 is 29.6 Å². The van der Waals surface area contributed by atoms with E-state index in [1.807, 2.05) is 0 Å². The van der Waals surface area contributed by atoms with Crippen molar-refractivity contribution in [1.29, 1.82) is 0 Å². The molecule has 0 aliphatic rings. The van der Waals surface area contributed by atoms with Crippen LogP contribution in [-0.2, 0) is 4.79 Å². The van der Waals surface area contributed by atoms with Gasteiger partial charge in [0.1, 0.15) is 17.7 Å². The zero-order chi connectivity index (χ0) is 16.1. The van der Waals surface area contributed by atoms with Crippen molar-refractivity contribution in [2.45, 2.75) is 12.0 Å². The Bertz CT molecular complexity index is 726. The highest BCUT2D eigenvalue weighted by Gasteiger charge is 2.30. The van der Waals surface area contributed by atoms with Gasteiger partial charge in [0.25, 0.3) is 0 Å². The monoisotopic (exact) mass is 303 g/mol. The minimum Gasteiger partial charge on any atom is -0.481 e. The van der Waals surface area contributed by atoms with Gasteiger partial charge in [-0.15, -0.1) is 0 Å². The standard InChI is InChI=1S/C15H11F2N3O2/c16-11-6-4-9(5-7-11)13(14(15(21)22)19-20-18)10-2-1-3-12(17)8-10/h1-8,13-14H,(H,21,22)/t13-,14+/m1/s1. The number of halogens is 2. The van der Waals surface area contributed by atoms with Gasteiger partial charge in [-0.05, 0) is 40.9 Å². The van der Waals surface area contributed by atoms with E-state index in [1.165, 1.54) is 30.3 Å². The van der Waals surface area contributed by atoms with Crippen molar-refractivity contribution in [3.8, 4) is 0 Å². The summed E-state index contributed by atoms with van der Waals surface area (Å²) < 4.78 is 26.5. The molecular formula is C15H11F2N3O2. The van der Waals surface area contributed by atoms with Gasteiger partial charge in [-0.3, -0.25) is 4.79 Å². The summed E-state index contributed by atoms with van der Waals surface area (Å²) in [4.78, 5) is 13.9. The predicted molar refractivity (Wildman–Crippen MR) is 75.2 cm³/mol. The molecule has 2 rings (SSSR count). The van der Waals surface area contributed by atoms with Crippen LogP contribution in [0.2, 0.25) is 0 Å². The fourth-order valence-corrected chi connectivity index (χ4v) is 2.24. The van der Waals surface area contributed by atoms with E-state index in [0.29, 0.717) is 11.1 Å². The van der Waals surface area contributed by atoms with Crippen molar-refractivity contribution in [3.63, 3.8) is 0 Å². The molecule has 0 fully saturated rings. The zero-order valence-electron chi connectivity index (χ0n) is 11.2. The van der Waals surface area contributed by atoms with Crippen molar-refractivity contribution in [2.24, 2.45) is 5.11 Å². The molecule has 0 radical (unpaired) electrons. The molecule has 0 bridgehead atoms. The van der Waals surface area contributed by atoms with E-state index in [9.17, 15) is 18.7 Å². The Morgan fingerprint density at radius 3 is 2.32 bits per heavy atom. The molecule has 0 amide bonds. The van der Waals surface area contributed by atoms with Crippen LogP contribution in [0.3, 0.4) is 0 Å². The summed E-state index contributed by atoms with van der Waals surface area (Å²) in [6.45, 7) is 0. The van der Waals surface area contributed by atoms with Gasteiger partial charge in [0.05, 0.1) is 0 Å². The first-order valence-electron chi connectivity index (χ1n) is 6.31. The van der Waals surface area contributed by atoms with Crippen LogP contribution in [0.4, 0.5) is 8.78 Å². The van der Waals surface area contributed by atoms with Crippen molar-refractivity contribution in [3.05, 3.63) is 81.7 Å². The second-order valence-corrected chi connectivity index (χ2v) is 4.57. The number of hydrogen-bond donors (Lipinski definition) is 1. The van der Waals surface area contributed by atoms with Gasteiger partial charge < -0.3 is 5.11 Å². The number of carbonyl (C=O) groups is 1. The first-order chi connectivity index (χ1) is 10.5. The molecular weight excluding hydrogens is 292 g/mol. The van der Waals surface area contributed by atoms with Crippen molar-refractivity contribution >= 4 is 5.97 Å². The van der Waals surface area contributed by atoms with Crippen LogP contribution in [0.15, 0.2) is 53.6 Å². The van der Waals surface area contributed by atoms with Crippen LogP contribution in [0.25, 0.3) is 10.4 Å². The second-order valence-electron chi connectivity index (χ2n) is 4.57. The molecule has 2 aromatic carbocycles. The maximum Gasteiger partial charge on any atom is 0.313 e. The van der Waals surface area contributed by atoms with Crippen LogP contribution in [0, 0.1) is 11.6 Å². The fraction of sp³-hybridized carbons (Fsp3) is 0.133. The molecule has 0 heterocycles. The molecule has 0 unspecified atom stereocenters. The van der Waals surface area contributed by atoms with Gasteiger partial charge in [-0.1, -0.05) is 29.4 Å². The summed E-state index contributed by atoms with van der Waals surface area (Å²) in [6.07, 6.45) is 0. The number of aliphatic carboxylic acids is 1. The van der Waals surface area contributed by atoms with Gasteiger partial charge >= 0.3 is 5.97 Å². The minimum atomic E-state index is -1.47. The first kappa shape index (κ1) is 15.5. The Labute approximate surface area is 124 Å². The Morgan fingerprint density at radius 2 is 1.77 bits per heavy atom. The number of carboxylic acids is 1. The number of benzene rings is 2. The normalized spacial score (nSPS) is 13.0. The number of hydrogen-bond acceptors (Lipinski definition) is 2. The highest BCUT2D eigenvalue weighted by molar-refractivity contribution is 5.76. The summed E-state index contributed by atoms with van der Waals surface area (Å²) in [7, 11) is 0. The molecule has 2 atom stereocenters. The van der Waals surface area contributed by atoms with Gasteiger partial charge in [-0.25, -0.2) is 8.78 Å². The summed E-state index contributed by atoms with van der Waals surface area (Å²) >= 11 is 0. The quantitative estimate of drug-likeness (QED) is 0.516. The molecule has 0 saturated carbocycles. The molecule has 22 heavy (non-hydrogen) atoms. The third-order valence-electron chi connectivity index (χ3n) is 3.18. The lowest BCUT2D eigenvalue weighted by Gasteiger charge is -2.21. The van der Waals surface area contributed by atoms with Gasteiger partial charge in [0.2, 0.25) is 0 Å². The molecule has 1 N–H and O–H groups in total. The van der Waals surface area contributed by atoms with E-state index in [2.05, 4.69) is 10.0 Å². The smallest absolute Gasteiger partial charge is 0.313 e. The molecule has 2 aromatic rings. The molecule has 0 aliphatic heterocycles. The summed E-state index contributed by atoms with van der Waals surface area (Å²) in [5, 5.41) is 12.6. The van der Waals surface area contributed by atoms with Crippen LogP contribution in [0.5, 0.6) is 0 Å². The summed E-state index contributed by atoms with van der Waals surface area (Å²) in [6, 6.07) is 8.95. The lowest BCUT2D eigenvalue weighted by Crippen LogP contribution is -2.26. The lowest BCUT2D eigenvalue weighted by atomic mass is 9.85. The van der Waals surface area contributed by atoms with Crippen molar-refractivity contribution in [2.75, 3.05) is 0 Å². The zero-order valence-corrected chi connectivity index (χ0v) is 11.2. The first-order valence-corrected chi connectivity index (χ1v) is 6.31. The maximum absolute atomic E-state index is 13.4. The number of azide groups is 1. The molecule has 0 aliphatic carbocycles. The van der Waals surface area contributed by atoms with Crippen LogP contribution >= 0.6 is 0 Å². The Balaban J connectivity index is 2.60. The predicted octanol–water partition coefficient (Wildman–Crippen LogP) is 3.86. The van der Waals surface area contributed by atoms with E-state index in [1.54, 1.807) is 0 Å². The molecule has 112 valence electrons. The minimum absolute atomic E-state index is 0.325. The highest BCUT2D eigenvalue weighted by Crippen LogP contribution is 2.31. The largest absolute Gasteiger partial charge is 0.481 e. The number of nitrogens with zero attached hydrogens (tertiary/aromatic N) is 3. The Kier molecular flexibility index (Phi) is 4.70. The lowest BCUT2D eigenvalue weighted by molar-refractivity contribution is -0.138. The van der Waals surface area contributed by atoms with E-state index in [0.717, 1.165) is 18.2 Å². The Hall–Kier alpha value is -2.92. The molecule has 7 heteroatoms. The third kappa shape index (κ3) is 3.39. The van der Waals surface area contributed by atoms with Crippen molar-refractivity contribution in [1.82, 2.24) is 0 Å². The van der Waals surface area contributed by atoms with Gasteiger partial charge in [0.15, 0.2) is 0 Å². The van der Waals surface area contributed by atoms with Crippen molar-refractivity contribution < 1.29 is 18.7 Å². The topological polar surface area (TPSA) is 86.1 Å². The van der Waals surface area contributed by atoms with E-state index in [4.69, 9.17) is 5.53 Å². The van der Waals surface area contributed by atoms with Crippen LogP contribution < -0.4 is 0 Å². The average Bonchev–Trinajstić information content (AvgIpc) is 2.48. The summed E-state index contributed by atoms with van der Waals surface area (Å²) in [5.74, 6) is -3.31. The highest BCUT2D eigenvalue weighted by atomic mass is 19.1. The Morgan fingerprint density at radius 1 is 1.09 bits per heavy atom. The SMILES string of the molecule is [N-]=[N+]=N[C@H](C(=O)O)[C@H](c1ccc(F)cc1)c1cccc(F)c1. The molecule has 0 aromatic heterocycles. The van der Waals surface area contributed by atoms with Crippen LogP contribution in [0.1, 0.15) is 17.0 Å². The van der Waals surface area contributed by atoms with Gasteiger partial charge in [0, 0.05) is 10.8 Å². The van der Waals surface area contributed by atoms with Crippen LogP contribution in [-0.4, -0.2) is 17.1 Å².